The van der Waals surface area contributed by atoms with Crippen LogP contribution in [0.15, 0.2) is 24.4 Å². The van der Waals surface area contributed by atoms with E-state index in [2.05, 4.69) is 54.6 Å². The Morgan fingerprint density at radius 3 is 2.67 bits per heavy atom. The van der Waals surface area contributed by atoms with Crippen LogP contribution in [0, 0.1) is 6.92 Å². The summed E-state index contributed by atoms with van der Waals surface area (Å²) in [4.78, 5) is 0. The third-order valence-electron chi connectivity index (χ3n) is 3.00. The summed E-state index contributed by atoms with van der Waals surface area (Å²) >= 11 is 0. The predicted octanol–water partition coefficient (Wildman–Crippen LogP) is 2.29. The molecule has 0 bridgehead atoms. The van der Waals surface area contributed by atoms with E-state index < -0.39 is 0 Å². The van der Waals surface area contributed by atoms with Crippen LogP contribution >= 0.6 is 0 Å². The van der Waals surface area contributed by atoms with Crippen molar-refractivity contribution in [3.05, 3.63) is 35.5 Å². The van der Waals surface area contributed by atoms with Gasteiger partial charge in [0.25, 0.3) is 0 Å². The van der Waals surface area contributed by atoms with E-state index in [0.29, 0.717) is 6.04 Å². The lowest BCUT2D eigenvalue weighted by Crippen LogP contribution is -2.21. The highest BCUT2D eigenvalue weighted by atomic mass is 15.4. The highest BCUT2D eigenvalue weighted by Crippen LogP contribution is 2.22. The number of aryl methyl sites for hydroxylation is 2. The summed E-state index contributed by atoms with van der Waals surface area (Å²) in [5, 5.41) is 11.3. The number of aromatic nitrogens is 3. The van der Waals surface area contributed by atoms with E-state index in [9.17, 15) is 0 Å². The summed E-state index contributed by atoms with van der Waals surface area (Å²) in [6, 6.07) is 7.03. The standard InChI is InChI=1S/C14H20N4/c1-10(2)15-8-12-5-6-13(11(3)7-12)14-9-16-17-18(14)4/h5-7,9-10,15H,8H2,1-4H3. The fraction of sp³-hybridized carbons (Fsp3) is 0.429. The minimum atomic E-state index is 0.506. The van der Waals surface area contributed by atoms with Crippen molar-refractivity contribution in [1.29, 1.82) is 0 Å². The van der Waals surface area contributed by atoms with Gasteiger partial charge in [0.2, 0.25) is 0 Å². The molecule has 96 valence electrons. The van der Waals surface area contributed by atoms with Gasteiger partial charge in [-0.3, -0.25) is 0 Å². The molecule has 1 aromatic carbocycles. The number of benzene rings is 1. The smallest absolute Gasteiger partial charge is 0.0884 e. The lowest BCUT2D eigenvalue weighted by atomic mass is 10.0. The maximum atomic E-state index is 3.97. The normalized spacial score (nSPS) is 11.2. The van der Waals surface area contributed by atoms with Gasteiger partial charge in [-0.25, -0.2) is 4.68 Å². The Hall–Kier alpha value is -1.68. The molecule has 4 heteroatoms. The lowest BCUT2D eigenvalue weighted by molar-refractivity contribution is 0.589. The van der Waals surface area contributed by atoms with Crippen LogP contribution in [0.1, 0.15) is 25.0 Å². The molecule has 0 aliphatic carbocycles. The average Bonchev–Trinajstić information content (AvgIpc) is 2.73. The van der Waals surface area contributed by atoms with E-state index in [4.69, 9.17) is 0 Å². The van der Waals surface area contributed by atoms with E-state index in [1.165, 1.54) is 16.7 Å². The van der Waals surface area contributed by atoms with E-state index in [1.54, 1.807) is 10.9 Å². The van der Waals surface area contributed by atoms with Gasteiger partial charge in [-0.1, -0.05) is 37.3 Å². The summed E-state index contributed by atoms with van der Waals surface area (Å²) < 4.78 is 1.80. The van der Waals surface area contributed by atoms with Crippen molar-refractivity contribution in [3.63, 3.8) is 0 Å². The van der Waals surface area contributed by atoms with Gasteiger partial charge in [0.15, 0.2) is 0 Å². The van der Waals surface area contributed by atoms with Crippen molar-refractivity contribution in [2.75, 3.05) is 0 Å². The number of hydrogen-bond acceptors (Lipinski definition) is 3. The first-order chi connectivity index (χ1) is 8.58. The van der Waals surface area contributed by atoms with Gasteiger partial charge in [-0.2, -0.15) is 0 Å². The van der Waals surface area contributed by atoms with Crippen LogP contribution in [0.3, 0.4) is 0 Å². The molecule has 18 heavy (non-hydrogen) atoms. The van der Waals surface area contributed by atoms with E-state index in [1.807, 2.05) is 7.05 Å². The van der Waals surface area contributed by atoms with Gasteiger partial charge in [0.05, 0.1) is 11.9 Å². The van der Waals surface area contributed by atoms with Gasteiger partial charge in [0, 0.05) is 25.2 Å². The largest absolute Gasteiger partial charge is 0.310 e. The molecule has 0 saturated heterocycles. The Morgan fingerprint density at radius 1 is 1.33 bits per heavy atom. The Labute approximate surface area is 108 Å². The van der Waals surface area contributed by atoms with Gasteiger partial charge in [-0.15, -0.1) is 5.10 Å². The summed E-state index contributed by atoms with van der Waals surface area (Å²) in [7, 11) is 1.91. The first-order valence-electron chi connectivity index (χ1n) is 6.26. The lowest BCUT2D eigenvalue weighted by Gasteiger charge is -2.11. The Morgan fingerprint density at radius 2 is 2.11 bits per heavy atom. The Kier molecular flexibility index (Phi) is 3.77. The van der Waals surface area contributed by atoms with Crippen LogP contribution in [0.25, 0.3) is 11.3 Å². The van der Waals surface area contributed by atoms with Crippen molar-refractivity contribution >= 4 is 0 Å². The summed E-state index contributed by atoms with van der Waals surface area (Å²) in [5.74, 6) is 0. The zero-order valence-electron chi connectivity index (χ0n) is 11.4. The molecule has 1 N–H and O–H groups in total. The summed E-state index contributed by atoms with van der Waals surface area (Å²) in [5.41, 5.74) is 4.80. The zero-order valence-corrected chi connectivity index (χ0v) is 11.4. The maximum Gasteiger partial charge on any atom is 0.0884 e. The van der Waals surface area contributed by atoms with Crippen LogP contribution in [-0.2, 0) is 13.6 Å². The summed E-state index contributed by atoms with van der Waals surface area (Å²) in [6.45, 7) is 7.34. The van der Waals surface area contributed by atoms with E-state index >= 15 is 0 Å². The SMILES string of the molecule is Cc1cc(CNC(C)C)ccc1-c1cnnn1C. The topological polar surface area (TPSA) is 42.7 Å². The number of nitrogens with one attached hydrogen (secondary N) is 1. The van der Waals surface area contributed by atoms with Crippen molar-refractivity contribution in [2.24, 2.45) is 7.05 Å². The van der Waals surface area contributed by atoms with Crippen LogP contribution in [0.2, 0.25) is 0 Å². The van der Waals surface area contributed by atoms with Gasteiger partial charge in [-0.05, 0) is 18.1 Å². The van der Waals surface area contributed by atoms with Crippen molar-refractivity contribution in [3.8, 4) is 11.3 Å². The fourth-order valence-electron chi connectivity index (χ4n) is 1.98. The molecule has 2 aromatic rings. The molecule has 0 spiro atoms. The molecular formula is C14H20N4. The number of hydrogen-bond donors (Lipinski definition) is 1. The maximum absolute atomic E-state index is 3.97. The number of rotatable bonds is 4. The van der Waals surface area contributed by atoms with Gasteiger partial charge >= 0.3 is 0 Å². The molecule has 1 aromatic heterocycles. The molecule has 0 unspecified atom stereocenters. The molecule has 0 saturated carbocycles. The van der Waals surface area contributed by atoms with Crippen LogP contribution in [0.4, 0.5) is 0 Å². The van der Waals surface area contributed by atoms with Gasteiger partial charge in [0.1, 0.15) is 0 Å². The summed E-state index contributed by atoms with van der Waals surface area (Å²) in [6.07, 6.45) is 1.80. The fourth-order valence-corrected chi connectivity index (χ4v) is 1.98. The van der Waals surface area contributed by atoms with Gasteiger partial charge < -0.3 is 5.32 Å². The third-order valence-corrected chi connectivity index (χ3v) is 3.00. The quantitative estimate of drug-likeness (QED) is 0.897. The van der Waals surface area contributed by atoms with Crippen molar-refractivity contribution in [1.82, 2.24) is 20.3 Å². The third kappa shape index (κ3) is 2.76. The molecule has 0 fully saturated rings. The average molecular weight is 244 g/mol. The highest BCUT2D eigenvalue weighted by molar-refractivity contribution is 5.63. The monoisotopic (exact) mass is 244 g/mol. The molecule has 4 nitrogen and oxygen atoms in total. The first kappa shape index (κ1) is 12.8. The molecule has 2 rings (SSSR count). The second kappa shape index (κ2) is 5.31. The molecular weight excluding hydrogens is 224 g/mol. The molecule has 0 amide bonds. The molecule has 0 aliphatic rings. The van der Waals surface area contributed by atoms with Crippen LogP contribution < -0.4 is 5.32 Å². The second-order valence-electron chi connectivity index (χ2n) is 4.93. The second-order valence-corrected chi connectivity index (χ2v) is 4.93. The number of nitrogens with zero attached hydrogens (tertiary/aromatic N) is 3. The van der Waals surface area contributed by atoms with Crippen LogP contribution in [0.5, 0.6) is 0 Å². The molecule has 0 aliphatic heterocycles. The molecule has 0 radical (unpaired) electrons. The minimum Gasteiger partial charge on any atom is -0.310 e. The van der Waals surface area contributed by atoms with Crippen molar-refractivity contribution < 1.29 is 0 Å². The Balaban J connectivity index is 2.23. The van der Waals surface area contributed by atoms with Crippen LogP contribution in [-0.4, -0.2) is 21.0 Å². The highest BCUT2D eigenvalue weighted by Gasteiger charge is 2.07. The zero-order chi connectivity index (χ0) is 13.1. The van der Waals surface area contributed by atoms with E-state index in [0.717, 1.165) is 12.2 Å². The minimum absolute atomic E-state index is 0.506. The Bertz CT molecular complexity index is 528. The molecule has 0 atom stereocenters. The van der Waals surface area contributed by atoms with E-state index in [-0.39, 0.29) is 0 Å². The first-order valence-corrected chi connectivity index (χ1v) is 6.26. The van der Waals surface area contributed by atoms with Crippen molar-refractivity contribution in [2.45, 2.75) is 33.4 Å². The predicted molar refractivity (Wildman–Crippen MR) is 73.2 cm³/mol. The molecule has 1 heterocycles.